The quantitative estimate of drug-likeness (QED) is 0.728. The molecule has 0 radical (unpaired) electrons. The summed E-state index contributed by atoms with van der Waals surface area (Å²) >= 11 is 4.59. The second kappa shape index (κ2) is 5.11. The highest BCUT2D eigenvalue weighted by atomic mass is 79.9. The zero-order chi connectivity index (χ0) is 15.4. The standard InChI is InChI=1S/C15H15BrF2N2S/c1-15(2)5-9(19)13-10(6-15)20-14(21-13)7-3-4-8(17)12(18)11(7)16/h3-4,9H,5-6,19H2,1-2H3. The van der Waals surface area contributed by atoms with Gasteiger partial charge in [-0.05, 0) is 46.3 Å². The topological polar surface area (TPSA) is 38.9 Å². The van der Waals surface area contributed by atoms with Gasteiger partial charge in [0.2, 0.25) is 0 Å². The summed E-state index contributed by atoms with van der Waals surface area (Å²) in [5.74, 6) is -1.75. The highest BCUT2D eigenvalue weighted by molar-refractivity contribution is 9.10. The van der Waals surface area contributed by atoms with Crippen LogP contribution in [0.15, 0.2) is 16.6 Å². The van der Waals surface area contributed by atoms with Gasteiger partial charge < -0.3 is 5.73 Å². The summed E-state index contributed by atoms with van der Waals surface area (Å²) in [6.07, 6.45) is 1.76. The predicted octanol–water partition coefficient (Wildman–Crippen LogP) is 4.82. The first-order chi connectivity index (χ1) is 9.78. The van der Waals surface area contributed by atoms with Crippen LogP contribution in [0, 0.1) is 17.0 Å². The number of benzene rings is 1. The van der Waals surface area contributed by atoms with E-state index < -0.39 is 11.6 Å². The number of hydrogen-bond donors (Lipinski definition) is 1. The first-order valence-corrected chi connectivity index (χ1v) is 8.28. The molecule has 3 rings (SSSR count). The van der Waals surface area contributed by atoms with Crippen molar-refractivity contribution in [1.29, 1.82) is 0 Å². The number of halogens is 3. The molecule has 1 heterocycles. The van der Waals surface area contributed by atoms with Crippen molar-refractivity contribution in [3.8, 4) is 10.6 Å². The summed E-state index contributed by atoms with van der Waals surface area (Å²) in [7, 11) is 0. The maximum absolute atomic E-state index is 13.7. The number of nitrogens with two attached hydrogens (primary N) is 1. The van der Waals surface area contributed by atoms with Crippen molar-refractivity contribution in [3.05, 3.63) is 38.8 Å². The first-order valence-electron chi connectivity index (χ1n) is 6.67. The first kappa shape index (κ1) is 15.1. The largest absolute Gasteiger partial charge is 0.323 e. The zero-order valence-corrected chi connectivity index (χ0v) is 14.1. The Balaban J connectivity index is 2.09. The van der Waals surface area contributed by atoms with Crippen molar-refractivity contribution >= 4 is 27.3 Å². The van der Waals surface area contributed by atoms with Gasteiger partial charge in [-0.2, -0.15) is 0 Å². The summed E-state index contributed by atoms with van der Waals surface area (Å²) in [6, 6.07) is 2.63. The van der Waals surface area contributed by atoms with Crippen molar-refractivity contribution in [1.82, 2.24) is 4.98 Å². The Labute approximate surface area is 134 Å². The van der Waals surface area contributed by atoms with Crippen LogP contribution in [0.25, 0.3) is 10.6 Å². The predicted molar refractivity (Wildman–Crippen MR) is 84.2 cm³/mol. The fourth-order valence-corrected chi connectivity index (χ4v) is 4.55. The molecule has 0 aliphatic heterocycles. The minimum absolute atomic E-state index is 0.0425. The van der Waals surface area contributed by atoms with E-state index in [2.05, 4.69) is 34.8 Å². The van der Waals surface area contributed by atoms with Crippen LogP contribution in [0.3, 0.4) is 0 Å². The van der Waals surface area contributed by atoms with Crippen LogP contribution in [-0.4, -0.2) is 4.98 Å². The minimum Gasteiger partial charge on any atom is -0.323 e. The maximum atomic E-state index is 13.7. The molecule has 1 aliphatic carbocycles. The highest BCUT2D eigenvalue weighted by Gasteiger charge is 2.33. The molecule has 0 bridgehead atoms. The fourth-order valence-electron chi connectivity index (χ4n) is 2.80. The molecule has 1 aromatic carbocycles. The molecule has 0 saturated heterocycles. The van der Waals surface area contributed by atoms with Crippen LogP contribution in [0.5, 0.6) is 0 Å². The Morgan fingerprint density at radius 3 is 2.81 bits per heavy atom. The average molecular weight is 373 g/mol. The molecule has 1 aliphatic rings. The Morgan fingerprint density at radius 2 is 2.10 bits per heavy atom. The second-order valence-electron chi connectivity index (χ2n) is 6.20. The average Bonchev–Trinajstić information content (AvgIpc) is 2.78. The molecule has 0 fully saturated rings. The molecular formula is C15H15BrF2N2S. The molecule has 1 unspecified atom stereocenters. The SMILES string of the molecule is CC1(C)Cc2nc(-c3ccc(F)c(F)c3Br)sc2C(N)C1. The van der Waals surface area contributed by atoms with Crippen LogP contribution >= 0.6 is 27.3 Å². The molecule has 0 saturated carbocycles. The van der Waals surface area contributed by atoms with Gasteiger partial charge in [0.05, 0.1) is 10.2 Å². The lowest BCUT2D eigenvalue weighted by Gasteiger charge is -2.32. The molecular weight excluding hydrogens is 358 g/mol. The Hall–Kier alpha value is -0.850. The third-order valence-corrected chi connectivity index (χ3v) is 5.79. The highest BCUT2D eigenvalue weighted by Crippen LogP contribution is 2.44. The van der Waals surface area contributed by atoms with Crippen LogP contribution in [0.2, 0.25) is 0 Å². The van der Waals surface area contributed by atoms with E-state index in [4.69, 9.17) is 5.73 Å². The van der Waals surface area contributed by atoms with Crippen LogP contribution in [-0.2, 0) is 6.42 Å². The van der Waals surface area contributed by atoms with E-state index in [1.165, 1.54) is 11.3 Å². The summed E-state index contributed by atoms with van der Waals surface area (Å²) in [5, 5.41) is 0.680. The van der Waals surface area contributed by atoms with Gasteiger partial charge in [0, 0.05) is 16.5 Å². The van der Waals surface area contributed by atoms with Gasteiger partial charge in [-0.1, -0.05) is 13.8 Å². The second-order valence-corrected chi connectivity index (χ2v) is 8.03. The smallest absolute Gasteiger partial charge is 0.173 e. The molecule has 112 valence electrons. The number of nitrogens with zero attached hydrogens (tertiary/aromatic N) is 1. The number of thiazole rings is 1. The summed E-state index contributed by atoms with van der Waals surface area (Å²) in [4.78, 5) is 5.67. The molecule has 0 spiro atoms. The van der Waals surface area contributed by atoms with Gasteiger partial charge in [0.25, 0.3) is 0 Å². The molecule has 1 atom stereocenters. The van der Waals surface area contributed by atoms with Gasteiger partial charge in [-0.3, -0.25) is 0 Å². The van der Waals surface area contributed by atoms with Crippen molar-refractivity contribution < 1.29 is 8.78 Å². The number of rotatable bonds is 1. The third-order valence-electron chi connectivity index (χ3n) is 3.75. The van der Waals surface area contributed by atoms with Gasteiger partial charge in [-0.15, -0.1) is 11.3 Å². The van der Waals surface area contributed by atoms with Crippen molar-refractivity contribution in [2.75, 3.05) is 0 Å². The van der Waals surface area contributed by atoms with Gasteiger partial charge in [0.15, 0.2) is 11.6 Å². The molecule has 2 aromatic rings. The van der Waals surface area contributed by atoms with E-state index in [0.29, 0.717) is 10.6 Å². The lowest BCUT2D eigenvalue weighted by Crippen LogP contribution is -2.28. The van der Waals surface area contributed by atoms with Crippen molar-refractivity contribution in [2.24, 2.45) is 11.1 Å². The molecule has 1 aromatic heterocycles. The summed E-state index contributed by atoms with van der Waals surface area (Å²) < 4.78 is 27.0. The van der Waals surface area contributed by atoms with Gasteiger partial charge in [0.1, 0.15) is 5.01 Å². The molecule has 2 nitrogen and oxygen atoms in total. The minimum atomic E-state index is -0.884. The molecule has 2 N–H and O–H groups in total. The number of fused-ring (bicyclic) bond motifs is 1. The monoisotopic (exact) mass is 372 g/mol. The van der Waals surface area contributed by atoms with E-state index in [1.54, 1.807) is 6.07 Å². The molecule has 0 amide bonds. The van der Waals surface area contributed by atoms with E-state index in [9.17, 15) is 8.78 Å². The maximum Gasteiger partial charge on any atom is 0.173 e. The van der Waals surface area contributed by atoms with Crippen LogP contribution in [0.1, 0.15) is 36.9 Å². The Morgan fingerprint density at radius 1 is 1.38 bits per heavy atom. The fraction of sp³-hybridized carbons (Fsp3) is 0.400. The van der Waals surface area contributed by atoms with Gasteiger partial charge >= 0.3 is 0 Å². The van der Waals surface area contributed by atoms with Gasteiger partial charge in [-0.25, -0.2) is 13.8 Å². The van der Waals surface area contributed by atoms with Crippen molar-refractivity contribution in [3.63, 3.8) is 0 Å². The summed E-state index contributed by atoms with van der Waals surface area (Å²) in [5.41, 5.74) is 7.89. The van der Waals surface area contributed by atoms with E-state index in [1.807, 2.05) is 0 Å². The third kappa shape index (κ3) is 2.64. The Kier molecular flexibility index (Phi) is 3.66. The van der Waals surface area contributed by atoms with E-state index in [0.717, 1.165) is 29.5 Å². The van der Waals surface area contributed by atoms with E-state index >= 15 is 0 Å². The number of aromatic nitrogens is 1. The van der Waals surface area contributed by atoms with E-state index in [-0.39, 0.29) is 15.9 Å². The lowest BCUT2D eigenvalue weighted by molar-refractivity contribution is 0.282. The molecule has 21 heavy (non-hydrogen) atoms. The lowest BCUT2D eigenvalue weighted by atomic mass is 9.77. The van der Waals surface area contributed by atoms with Crippen LogP contribution < -0.4 is 5.73 Å². The Bertz CT molecular complexity index is 712. The molecule has 6 heteroatoms. The zero-order valence-electron chi connectivity index (χ0n) is 11.7. The normalized spacial score (nSPS) is 20.4. The number of hydrogen-bond acceptors (Lipinski definition) is 3. The summed E-state index contributed by atoms with van der Waals surface area (Å²) in [6.45, 7) is 4.34. The van der Waals surface area contributed by atoms with Crippen LogP contribution in [0.4, 0.5) is 8.78 Å². The van der Waals surface area contributed by atoms with Crippen molar-refractivity contribution in [2.45, 2.75) is 32.7 Å².